The van der Waals surface area contributed by atoms with Crippen molar-refractivity contribution in [3.63, 3.8) is 0 Å². The van der Waals surface area contributed by atoms with Crippen molar-refractivity contribution in [2.75, 3.05) is 0 Å². The Morgan fingerprint density at radius 3 is 1.79 bits per heavy atom. The molecule has 0 aliphatic heterocycles. The zero-order valence-corrected chi connectivity index (χ0v) is 24.7. The Balaban J connectivity index is 1.29. The van der Waals surface area contributed by atoms with Crippen LogP contribution in [0.1, 0.15) is 15.1 Å². The van der Waals surface area contributed by atoms with Crippen molar-refractivity contribution in [2.24, 2.45) is 0 Å². The first kappa shape index (κ1) is 17.5. The van der Waals surface area contributed by atoms with Gasteiger partial charge in [0.2, 0.25) is 0 Å². The first-order valence-corrected chi connectivity index (χ1v) is 15.3. The Labute approximate surface area is 287 Å². The molecule has 218 valence electrons. The van der Waals surface area contributed by atoms with Gasteiger partial charge in [0, 0.05) is 16.2 Å². The number of benzene rings is 9. The highest BCUT2D eigenvalue weighted by atomic mass is 16.3. The molecule has 0 unspecified atom stereocenters. The fourth-order valence-electron chi connectivity index (χ4n) is 6.87. The lowest BCUT2D eigenvalue weighted by Gasteiger charge is -2.18. The molecular weight excluding hydrogens is 569 g/mol. The minimum Gasteiger partial charge on any atom is -0.455 e. The van der Waals surface area contributed by atoms with E-state index in [1.54, 1.807) is 0 Å². The van der Waals surface area contributed by atoms with Gasteiger partial charge in [-0.3, -0.25) is 0 Å². The number of hydrogen-bond acceptors (Lipinski definition) is 1. The molecule has 0 N–H and O–H groups in total. The van der Waals surface area contributed by atoms with E-state index in [0.29, 0.717) is 16.3 Å². The highest BCUT2D eigenvalue weighted by molar-refractivity contribution is 6.23. The van der Waals surface area contributed by atoms with Crippen LogP contribution in [0.4, 0.5) is 0 Å². The fraction of sp³-hybridized carbons (Fsp3) is 0. The van der Waals surface area contributed by atoms with Gasteiger partial charge in [-0.1, -0.05) is 139 Å². The fourth-order valence-corrected chi connectivity index (χ4v) is 6.87. The maximum atomic E-state index is 9.71. The molecule has 47 heavy (non-hydrogen) atoms. The molecule has 1 nitrogen and oxygen atoms in total. The second kappa shape index (κ2) is 10.2. The van der Waals surface area contributed by atoms with Crippen LogP contribution in [0.25, 0.3) is 98.4 Å². The molecule has 1 heterocycles. The molecule has 1 aromatic heterocycles. The highest BCUT2D eigenvalue weighted by Gasteiger charge is 2.18. The molecular formula is C46H28O. The quantitative estimate of drug-likeness (QED) is 0.182. The maximum absolute atomic E-state index is 9.71. The van der Waals surface area contributed by atoms with Crippen molar-refractivity contribution in [1.29, 1.82) is 0 Å². The van der Waals surface area contributed by atoms with Gasteiger partial charge in [-0.15, -0.1) is 0 Å². The summed E-state index contributed by atoms with van der Waals surface area (Å²) in [4.78, 5) is 0. The van der Waals surface area contributed by atoms with E-state index in [1.165, 1.54) is 0 Å². The van der Waals surface area contributed by atoms with Crippen molar-refractivity contribution in [3.8, 4) is 33.4 Å². The highest BCUT2D eigenvalue weighted by Crippen LogP contribution is 2.45. The van der Waals surface area contributed by atoms with Gasteiger partial charge in [-0.05, 0) is 101 Å². The summed E-state index contributed by atoms with van der Waals surface area (Å²) in [5.41, 5.74) is 3.08. The molecule has 10 rings (SSSR count). The zero-order chi connectivity index (χ0) is 40.5. The molecule has 0 fully saturated rings. The Hall–Kier alpha value is -6.18. The second-order valence-corrected chi connectivity index (χ2v) is 11.6. The van der Waals surface area contributed by atoms with Gasteiger partial charge >= 0.3 is 0 Å². The van der Waals surface area contributed by atoms with Crippen LogP contribution >= 0.6 is 0 Å². The molecule has 0 radical (unpaired) electrons. The number of furan rings is 1. The summed E-state index contributed by atoms with van der Waals surface area (Å²) in [5, 5.41) is 6.31. The summed E-state index contributed by atoms with van der Waals surface area (Å²) in [6.45, 7) is 0. The van der Waals surface area contributed by atoms with Crippen LogP contribution in [0.3, 0.4) is 0 Å². The summed E-state index contributed by atoms with van der Waals surface area (Å²) in [7, 11) is 0. The van der Waals surface area contributed by atoms with Crippen LogP contribution in [0.15, 0.2) is 174 Å². The molecule has 0 saturated carbocycles. The van der Waals surface area contributed by atoms with Crippen molar-refractivity contribution in [1.82, 2.24) is 0 Å². The molecule has 0 aliphatic carbocycles. The molecule has 10 aromatic rings. The molecule has 0 saturated heterocycles. The van der Waals surface area contributed by atoms with Crippen LogP contribution in [0, 0.1) is 0 Å². The molecule has 9 aromatic carbocycles. The zero-order valence-electron chi connectivity index (χ0n) is 35.7. The number of hydrogen-bond donors (Lipinski definition) is 0. The average molecular weight is 608 g/mol. The first-order chi connectivity index (χ1) is 27.9. The van der Waals surface area contributed by atoms with Gasteiger partial charge < -0.3 is 4.42 Å². The van der Waals surface area contributed by atoms with Gasteiger partial charge in [-0.2, -0.15) is 0 Å². The molecule has 0 aliphatic rings. The largest absolute Gasteiger partial charge is 0.455 e. The molecule has 0 amide bonds. The second-order valence-electron chi connectivity index (χ2n) is 11.6. The number of fused-ring (bicyclic) bond motifs is 8. The topological polar surface area (TPSA) is 13.1 Å². The third-order valence-corrected chi connectivity index (χ3v) is 8.96. The van der Waals surface area contributed by atoms with Gasteiger partial charge in [0.05, 0.1) is 15.1 Å². The van der Waals surface area contributed by atoms with E-state index in [4.69, 9.17) is 15.4 Å². The Morgan fingerprint density at radius 2 is 1.02 bits per heavy atom. The number of rotatable bonds is 3. The Kier molecular flexibility index (Phi) is 3.79. The smallest absolute Gasteiger partial charge is 0.143 e. The predicted octanol–water partition coefficient (Wildman–Crippen LogP) is 13.2. The van der Waals surface area contributed by atoms with Gasteiger partial charge in [-0.25, -0.2) is 0 Å². The summed E-state index contributed by atoms with van der Waals surface area (Å²) in [5.74, 6) is 0. The predicted molar refractivity (Wildman–Crippen MR) is 200 cm³/mol. The molecule has 0 spiro atoms. The van der Waals surface area contributed by atoms with Gasteiger partial charge in [0.1, 0.15) is 11.2 Å². The summed E-state index contributed by atoms with van der Waals surface area (Å²) >= 11 is 0. The molecule has 0 bridgehead atoms. The third-order valence-electron chi connectivity index (χ3n) is 8.96. The lowest BCUT2D eigenvalue weighted by atomic mass is 9.85. The van der Waals surface area contributed by atoms with Crippen molar-refractivity contribution in [3.05, 3.63) is 170 Å². The Bertz CT molecular complexity index is 3420. The standard InChI is InChI=1S/C46H28O/c1-2-12-31-26-33(21-20-29(31)10-1)32-13-9-14-34(27-32)44-37-16-5-7-18-39(37)45(40-19-8-6-17-38(40)44)35-23-25-43-42(28-35)41-24-22-30-11-3-4-15-36(30)46(41)47-43/h1-28H/i1D,2D,9D,10D,12D,13D,14D,20D,21D,26D,27D. The van der Waals surface area contributed by atoms with E-state index >= 15 is 0 Å². The van der Waals surface area contributed by atoms with Crippen LogP contribution in [-0.2, 0) is 0 Å². The normalized spacial score (nSPS) is 15.1. The monoisotopic (exact) mass is 607 g/mol. The van der Waals surface area contributed by atoms with Crippen LogP contribution < -0.4 is 0 Å². The van der Waals surface area contributed by atoms with Crippen molar-refractivity contribution in [2.45, 2.75) is 0 Å². The van der Waals surface area contributed by atoms with E-state index in [2.05, 4.69) is 24.3 Å². The van der Waals surface area contributed by atoms with E-state index in [1.807, 2.05) is 78.9 Å². The minimum absolute atomic E-state index is 0.00139. The van der Waals surface area contributed by atoms with Crippen LogP contribution in [0.2, 0.25) is 0 Å². The molecule has 1 heteroatoms. The van der Waals surface area contributed by atoms with E-state index in [9.17, 15) is 4.11 Å². The van der Waals surface area contributed by atoms with E-state index in [-0.39, 0.29) is 27.5 Å². The maximum Gasteiger partial charge on any atom is 0.143 e. The average Bonchev–Trinajstić information content (AvgIpc) is 3.62. The Morgan fingerprint density at radius 1 is 0.383 bits per heavy atom. The summed E-state index contributed by atoms with van der Waals surface area (Å²) < 4.78 is 104. The SMILES string of the molecule is [2H]c1c([2H])c(-c2c([2H])c([2H])c3c([2H])c([2H])c([2H])c([2H])c3c2[2H])c([2H])c(-c2c3ccccc3c(-c3ccc4oc5c6ccccc6ccc5c4c3)c3ccccc23)c1[2H]. The minimum atomic E-state index is -0.624. The van der Waals surface area contributed by atoms with Gasteiger partial charge in [0.15, 0.2) is 0 Å². The first-order valence-electron chi connectivity index (χ1n) is 20.8. The van der Waals surface area contributed by atoms with Crippen LogP contribution in [-0.4, -0.2) is 0 Å². The third kappa shape index (κ3) is 4.03. The van der Waals surface area contributed by atoms with Crippen molar-refractivity contribution < 1.29 is 19.5 Å². The van der Waals surface area contributed by atoms with Gasteiger partial charge in [0.25, 0.3) is 0 Å². The summed E-state index contributed by atoms with van der Waals surface area (Å²) in [6.07, 6.45) is 0. The summed E-state index contributed by atoms with van der Waals surface area (Å²) in [6, 6.07) is 27.4. The van der Waals surface area contributed by atoms with E-state index < -0.39 is 66.5 Å². The lowest BCUT2D eigenvalue weighted by molar-refractivity contribution is 0.672. The van der Waals surface area contributed by atoms with Crippen molar-refractivity contribution >= 4 is 65.0 Å². The lowest BCUT2D eigenvalue weighted by Crippen LogP contribution is -1.91. The van der Waals surface area contributed by atoms with Crippen LogP contribution in [0.5, 0.6) is 0 Å². The molecule has 0 atom stereocenters. The van der Waals surface area contributed by atoms with E-state index in [0.717, 1.165) is 54.6 Å².